The van der Waals surface area contributed by atoms with Gasteiger partial charge < -0.3 is 9.64 Å². The third-order valence-electron chi connectivity index (χ3n) is 3.99. The first kappa shape index (κ1) is 19.2. The molecule has 8 heteroatoms. The van der Waals surface area contributed by atoms with Gasteiger partial charge in [0.1, 0.15) is 6.04 Å². The minimum absolute atomic E-state index is 0.0542. The highest BCUT2D eigenvalue weighted by Crippen LogP contribution is 2.21. The summed E-state index contributed by atoms with van der Waals surface area (Å²) in [4.78, 5) is 14.4. The van der Waals surface area contributed by atoms with Crippen LogP contribution in [0.4, 0.5) is 0 Å². The minimum Gasteiger partial charge on any atom is -0.378 e. The van der Waals surface area contributed by atoms with Crippen LogP contribution in [0.1, 0.15) is 19.4 Å². The van der Waals surface area contributed by atoms with Gasteiger partial charge in [-0.05, 0) is 30.5 Å². The number of aryl methyl sites for hydroxylation is 1. The summed E-state index contributed by atoms with van der Waals surface area (Å²) in [5.74, 6) is -0.411. The second kappa shape index (κ2) is 7.82. The zero-order chi connectivity index (χ0) is 17.9. The lowest BCUT2D eigenvalue weighted by atomic mass is 10.0. The maximum atomic E-state index is 12.7. The predicted molar refractivity (Wildman–Crippen MR) is 92.5 cm³/mol. The van der Waals surface area contributed by atoms with Gasteiger partial charge in [-0.3, -0.25) is 4.79 Å². The van der Waals surface area contributed by atoms with Crippen LogP contribution in [0.2, 0.25) is 5.02 Å². The first-order valence-electron chi connectivity index (χ1n) is 7.87. The van der Waals surface area contributed by atoms with Crippen LogP contribution >= 0.6 is 11.6 Å². The van der Waals surface area contributed by atoms with E-state index in [-0.39, 0.29) is 16.7 Å². The SMILES string of the molecule is Cc1ccc(S(=O)(=O)N[C@H](C(=O)N2CCOCC2)C(C)C)cc1Cl. The summed E-state index contributed by atoms with van der Waals surface area (Å²) in [6.45, 7) is 7.31. The number of hydrogen-bond acceptors (Lipinski definition) is 4. The summed E-state index contributed by atoms with van der Waals surface area (Å²) in [5, 5.41) is 0.374. The van der Waals surface area contributed by atoms with E-state index in [1.807, 2.05) is 13.8 Å². The van der Waals surface area contributed by atoms with Crippen LogP contribution in [-0.2, 0) is 19.6 Å². The molecule has 1 saturated heterocycles. The molecule has 1 aliphatic rings. The summed E-state index contributed by atoms with van der Waals surface area (Å²) in [7, 11) is -3.84. The quantitative estimate of drug-likeness (QED) is 0.852. The Hall–Kier alpha value is -1.15. The number of morpholine rings is 1. The molecule has 0 radical (unpaired) electrons. The van der Waals surface area contributed by atoms with Crippen molar-refractivity contribution in [2.24, 2.45) is 5.92 Å². The monoisotopic (exact) mass is 374 g/mol. The first-order chi connectivity index (χ1) is 11.2. The van der Waals surface area contributed by atoms with E-state index in [1.54, 1.807) is 17.9 Å². The van der Waals surface area contributed by atoms with E-state index in [4.69, 9.17) is 16.3 Å². The van der Waals surface area contributed by atoms with E-state index < -0.39 is 16.1 Å². The molecule has 0 saturated carbocycles. The van der Waals surface area contributed by atoms with Crippen LogP contribution in [0, 0.1) is 12.8 Å². The minimum atomic E-state index is -3.84. The van der Waals surface area contributed by atoms with Gasteiger partial charge in [0.15, 0.2) is 0 Å². The van der Waals surface area contributed by atoms with Crippen molar-refractivity contribution in [1.29, 1.82) is 0 Å². The average molecular weight is 375 g/mol. The van der Waals surface area contributed by atoms with Gasteiger partial charge in [0.25, 0.3) is 0 Å². The van der Waals surface area contributed by atoms with Crippen molar-refractivity contribution in [1.82, 2.24) is 9.62 Å². The molecule has 1 aromatic rings. The molecule has 0 aromatic heterocycles. The largest absolute Gasteiger partial charge is 0.378 e. The van der Waals surface area contributed by atoms with Crippen molar-refractivity contribution < 1.29 is 17.9 Å². The zero-order valence-corrected chi connectivity index (χ0v) is 15.7. The molecule has 1 atom stereocenters. The van der Waals surface area contributed by atoms with Crippen LogP contribution in [-0.4, -0.2) is 51.6 Å². The number of nitrogens with zero attached hydrogens (tertiary/aromatic N) is 1. The maximum Gasteiger partial charge on any atom is 0.241 e. The Kier molecular flexibility index (Phi) is 6.25. The van der Waals surface area contributed by atoms with Crippen LogP contribution in [0.15, 0.2) is 23.1 Å². The van der Waals surface area contributed by atoms with Crippen molar-refractivity contribution >= 4 is 27.5 Å². The first-order valence-corrected chi connectivity index (χ1v) is 9.73. The topological polar surface area (TPSA) is 75.7 Å². The van der Waals surface area contributed by atoms with Crippen LogP contribution in [0.3, 0.4) is 0 Å². The van der Waals surface area contributed by atoms with Crippen LogP contribution < -0.4 is 4.72 Å². The smallest absolute Gasteiger partial charge is 0.241 e. The molecule has 0 unspecified atom stereocenters. The van der Waals surface area contributed by atoms with E-state index in [9.17, 15) is 13.2 Å². The lowest BCUT2D eigenvalue weighted by Gasteiger charge is -2.32. The number of benzene rings is 1. The van der Waals surface area contributed by atoms with E-state index in [2.05, 4.69) is 4.72 Å². The fourth-order valence-corrected chi connectivity index (χ4v) is 4.04. The van der Waals surface area contributed by atoms with Crippen molar-refractivity contribution in [2.45, 2.75) is 31.7 Å². The Morgan fingerprint density at radius 3 is 2.46 bits per heavy atom. The molecule has 1 aromatic carbocycles. The molecule has 24 heavy (non-hydrogen) atoms. The molecular weight excluding hydrogens is 352 g/mol. The standard InChI is InChI=1S/C16H23ClN2O4S/c1-11(2)15(16(20)19-6-8-23-9-7-19)18-24(21,22)13-5-4-12(3)14(17)10-13/h4-5,10-11,15,18H,6-9H2,1-3H3/t15-/m0/s1. The molecule has 1 aliphatic heterocycles. The van der Waals surface area contributed by atoms with Crippen molar-refractivity contribution in [3.63, 3.8) is 0 Å². The number of nitrogens with one attached hydrogen (secondary N) is 1. The third kappa shape index (κ3) is 4.47. The number of hydrogen-bond donors (Lipinski definition) is 1. The van der Waals surface area contributed by atoms with Gasteiger partial charge in [0, 0.05) is 18.1 Å². The summed E-state index contributed by atoms with van der Waals surface area (Å²) in [5.41, 5.74) is 0.792. The van der Waals surface area contributed by atoms with Gasteiger partial charge >= 0.3 is 0 Å². The molecule has 6 nitrogen and oxygen atoms in total. The van der Waals surface area contributed by atoms with Crippen molar-refractivity contribution in [2.75, 3.05) is 26.3 Å². The molecule has 0 aliphatic carbocycles. The maximum absolute atomic E-state index is 12.7. The second-order valence-corrected chi connectivity index (χ2v) is 8.31. The van der Waals surface area contributed by atoms with Crippen LogP contribution in [0.5, 0.6) is 0 Å². The number of halogens is 1. The Labute approximate surface area is 148 Å². The number of carbonyl (C=O) groups is 1. The molecule has 134 valence electrons. The van der Waals surface area contributed by atoms with Gasteiger partial charge in [0.2, 0.25) is 15.9 Å². The Bertz CT molecular complexity index is 700. The highest BCUT2D eigenvalue weighted by atomic mass is 35.5. The molecule has 1 amide bonds. The molecule has 1 heterocycles. The number of ether oxygens (including phenoxy) is 1. The van der Waals surface area contributed by atoms with E-state index >= 15 is 0 Å². The molecule has 0 bridgehead atoms. The summed E-state index contributed by atoms with van der Waals surface area (Å²) in [6.07, 6.45) is 0. The Morgan fingerprint density at radius 2 is 1.92 bits per heavy atom. The zero-order valence-electron chi connectivity index (χ0n) is 14.1. The van der Waals surface area contributed by atoms with Gasteiger partial charge in [0.05, 0.1) is 18.1 Å². The van der Waals surface area contributed by atoms with Crippen LogP contribution in [0.25, 0.3) is 0 Å². The Balaban J connectivity index is 2.22. The summed E-state index contributed by atoms with van der Waals surface area (Å²) < 4.78 is 33.0. The third-order valence-corrected chi connectivity index (χ3v) is 5.84. The number of amides is 1. The summed E-state index contributed by atoms with van der Waals surface area (Å²) >= 11 is 6.02. The van der Waals surface area contributed by atoms with Gasteiger partial charge in [-0.2, -0.15) is 4.72 Å². The summed E-state index contributed by atoms with van der Waals surface area (Å²) in [6, 6.07) is 3.70. The fourth-order valence-electron chi connectivity index (χ4n) is 2.43. The predicted octanol–water partition coefficient (Wildman–Crippen LogP) is 1.81. The normalized spacial score (nSPS) is 17.1. The fraction of sp³-hybridized carbons (Fsp3) is 0.562. The lowest BCUT2D eigenvalue weighted by Crippen LogP contribution is -2.53. The molecule has 1 N–H and O–H groups in total. The molecule has 0 spiro atoms. The van der Waals surface area contributed by atoms with E-state index in [1.165, 1.54) is 12.1 Å². The molecule has 2 rings (SSSR count). The highest BCUT2D eigenvalue weighted by Gasteiger charge is 2.32. The Morgan fingerprint density at radius 1 is 1.29 bits per heavy atom. The van der Waals surface area contributed by atoms with Gasteiger partial charge in [-0.1, -0.05) is 31.5 Å². The van der Waals surface area contributed by atoms with Gasteiger partial charge in [-0.15, -0.1) is 0 Å². The highest BCUT2D eigenvalue weighted by molar-refractivity contribution is 7.89. The number of rotatable bonds is 5. The van der Waals surface area contributed by atoms with Gasteiger partial charge in [-0.25, -0.2) is 8.42 Å². The number of carbonyl (C=O) groups excluding carboxylic acids is 1. The molecular formula is C16H23ClN2O4S. The number of sulfonamides is 1. The lowest BCUT2D eigenvalue weighted by molar-refractivity contribution is -0.138. The van der Waals surface area contributed by atoms with Crippen molar-refractivity contribution in [3.8, 4) is 0 Å². The second-order valence-electron chi connectivity index (χ2n) is 6.19. The van der Waals surface area contributed by atoms with E-state index in [0.717, 1.165) is 5.56 Å². The van der Waals surface area contributed by atoms with Crippen molar-refractivity contribution in [3.05, 3.63) is 28.8 Å². The van der Waals surface area contributed by atoms with E-state index in [0.29, 0.717) is 31.3 Å². The average Bonchev–Trinajstić information content (AvgIpc) is 2.55. The molecule has 1 fully saturated rings.